The van der Waals surface area contributed by atoms with Crippen molar-refractivity contribution in [1.29, 1.82) is 0 Å². The van der Waals surface area contributed by atoms with Crippen LogP contribution < -0.4 is 10.3 Å². The Morgan fingerprint density at radius 1 is 1.28 bits per heavy atom. The van der Waals surface area contributed by atoms with Crippen molar-refractivity contribution in [3.05, 3.63) is 28.7 Å². The fraction of sp³-hybridized carbons (Fsp3) is 0.583. The van der Waals surface area contributed by atoms with E-state index in [1.807, 2.05) is 0 Å². The molecule has 0 bridgehead atoms. The number of H-pyrrole nitrogens is 1. The van der Waals surface area contributed by atoms with Crippen molar-refractivity contribution in [2.45, 2.75) is 43.5 Å². The molecule has 1 saturated carbocycles. The lowest BCUT2D eigenvalue weighted by Gasteiger charge is -2.29. The van der Waals surface area contributed by atoms with Crippen LogP contribution in [-0.2, 0) is 10.0 Å². The van der Waals surface area contributed by atoms with Crippen LogP contribution in [0.2, 0.25) is 0 Å². The van der Waals surface area contributed by atoms with E-state index in [1.54, 1.807) is 0 Å². The van der Waals surface area contributed by atoms with Gasteiger partial charge in [0.05, 0.1) is 4.90 Å². The number of aromatic nitrogens is 1. The fourth-order valence-electron chi connectivity index (χ4n) is 2.32. The minimum atomic E-state index is -3.53. The summed E-state index contributed by atoms with van der Waals surface area (Å²) in [5.74, 6) is 0.358. The smallest absolute Gasteiger partial charge is 0.247 e. The number of aromatic amines is 1. The predicted molar refractivity (Wildman–Crippen MR) is 68.8 cm³/mol. The number of hydrogen-bond acceptors (Lipinski definition) is 3. The highest BCUT2D eigenvalue weighted by molar-refractivity contribution is 7.89. The fourth-order valence-corrected chi connectivity index (χ4v) is 3.67. The minimum Gasteiger partial charge on any atom is -0.328 e. The van der Waals surface area contributed by atoms with Gasteiger partial charge < -0.3 is 4.98 Å². The monoisotopic (exact) mass is 270 g/mol. The van der Waals surface area contributed by atoms with E-state index < -0.39 is 10.0 Å². The highest BCUT2D eigenvalue weighted by Gasteiger charge is 2.26. The number of hydrogen-bond donors (Lipinski definition) is 2. The first-order chi connectivity index (χ1) is 8.49. The first-order valence-corrected chi connectivity index (χ1v) is 7.68. The van der Waals surface area contributed by atoms with Gasteiger partial charge in [-0.3, -0.25) is 4.79 Å². The lowest BCUT2D eigenvalue weighted by atomic mass is 9.87. The Morgan fingerprint density at radius 2 is 2.00 bits per heavy atom. The lowest BCUT2D eigenvalue weighted by Crippen LogP contribution is -2.41. The molecule has 6 heteroatoms. The molecule has 1 aliphatic carbocycles. The van der Waals surface area contributed by atoms with E-state index in [2.05, 4.69) is 16.6 Å². The van der Waals surface area contributed by atoms with Crippen molar-refractivity contribution in [3.63, 3.8) is 0 Å². The van der Waals surface area contributed by atoms with E-state index >= 15 is 0 Å². The first-order valence-electron chi connectivity index (χ1n) is 6.20. The molecule has 1 heterocycles. The van der Waals surface area contributed by atoms with E-state index in [9.17, 15) is 13.2 Å². The zero-order valence-corrected chi connectivity index (χ0v) is 11.2. The molecule has 1 aliphatic rings. The summed E-state index contributed by atoms with van der Waals surface area (Å²) in [6.07, 6.45) is 5.39. The van der Waals surface area contributed by atoms with Crippen LogP contribution in [0.1, 0.15) is 32.6 Å². The van der Waals surface area contributed by atoms with Crippen molar-refractivity contribution < 1.29 is 8.42 Å². The third-order valence-corrected chi connectivity index (χ3v) is 4.97. The summed E-state index contributed by atoms with van der Waals surface area (Å²) in [6, 6.07) is 2.55. The molecule has 0 amide bonds. The lowest BCUT2D eigenvalue weighted by molar-refractivity contribution is 0.310. The van der Waals surface area contributed by atoms with Crippen LogP contribution >= 0.6 is 0 Å². The molecule has 100 valence electrons. The Kier molecular flexibility index (Phi) is 3.87. The number of nitrogens with one attached hydrogen (secondary N) is 2. The summed E-state index contributed by atoms with van der Waals surface area (Å²) in [4.78, 5) is 13.4. The average molecular weight is 270 g/mol. The van der Waals surface area contributed by atoms with E-state index in [0.29, 0.717) is 5.92 Å². The highest BCUT2D eigenvalue weighted by Crippen LogP contribution is 2.25. The van der Waals surface area contributed by atoms with Crippen molar-refractivity contribution in [1.82, 2.24) is 9.71 Å². The molecule has 2 unspecified atom stereocenters. The van der Waals surface area contributed by atoms with Crippen LogP contribution in [0, 0.1) is 5.92 Å². The third kappa shape index (κ3) is 3.00. The maximum atomic E-state index is 12.1. The first kappa shape index (κ1) is 13.3. The van der Waals surface area contributed by atoms with Crippen LogP contribution in [0.5, 0.6) is 0 Å². The van der Waals surface area contributed by atoms with Gasteiger partial charge >= 0.3 is 0 Å². The molecule has 0 radical (unpaired) electrons. The Balaban J connectivity index is 2.16. The van der Waals surface area contributed by atoms with Crippen LogP contribution in [0.3, 0.4) is 0 Å². The molecular weight excluding hydrogens is 252 g/mol. The zero-order chi connectivity index (χ0) is 13.2. The van der Waals surface area contributed by atoms with Crippen molar-refractivity contribution >= 4 is 10.0 Å². The van der Waals surface area contributed by atoms with Crippen LogP contribution in [0.15, 0.2) is 28.0 Å². The molecule has 2 rings (SSSR count). The molecule has 0 aliphatic heterocycles. The Morgan fingerprint density at radius 3 is 2.61 bits per heavy atom. The second kappa shape index (κ2) is 5.24. The average Bonchev–Trinajstić information content (AvgIpc) is 2.32. The second-order valence-electron chi connectivity index (χ2n) is 4.88. The molecule has 2 N–H and O–H groups in total. The molecule has 1 fully saturated rings. The topological polar surface area (TPSA) is 79.0 Å². The third-order valence-electron chi connectivity index (χ3n) is 3.48. The Bertz CT molecular complexity index is 544. The van der Waals surface area contributed by atoms with Gasteiger partial charge in [0.1, 0.15) is 0 Å². The minimum absolute atomic E-state index is 0.00400. The zero-order valence-electron chi connectivity index (χ0n) is 10.3. The summed E-state index contributed by atoms with van der Waals surface area (Å²) in [7, 11) is -3.53. The quantitative estimate of drug-likeness (QED) is 0.867. The molecule has 1 aromatic heterocycles. The SMILES string of the molecule is CC1CCCCC1NS(=O)(=O)c1ccc(=O)[nH]c1. The number of rotatable bonds is 3. The van der Waals surface area contributed by atoms with Gasteiger partial charge in [-0.25, -0.2) is 13.1 Å². The summed E-state index contributed by atoms with van der Waals surface area (Å²) < 4.78 is 27.0. The molecule has 0 aromatic carbocycles. The largest absolute Gasteiger partial charge is 0.328 e. The van der Waals surface area contributed by atoms with E-state index in [1.165, 1.54) is 18.3 Å². The maximum Gasteiger partial charge on any atom is 0.247 e. The second-order valence-corrected chi connectivity index (χ2v) is 6.59. The van der Waals surface area contributed by atoms with Gasteiger partial charge in [0.2, 0.25) is 15.6 Å². The molecule has 5 nitrogen and oxygen atoms in total. The molecular formula is C12H18N2O3S. The van der Waals surface area contributed by atoms with Crippen LogP contribution in [0.25, 0.3) is 0 Å². The molecule has 1 aromatic rings. The standard InChI is InChI=1S/C12H18N2O3S/c1-9-4-2-3-5-11(9)14-18(16,17)10-6-7-12(15)13-8-10/h6-9,11,14H,2-5H2,1H3,(H,13,15). The van der Waals surface area contributed by atoms with Crippen molar-refractivity contribution in [3.8, 4) is 0 Å². The van der Waals surface area contributed by atoms with Gasteiger partial charge in [-0.2, -0.15) is 0 Å². The van der Waals surface area contributed by atoms with Crippen LogP contribution in [0.4, 0.5) is 0 Å². The normalized spacial score (nSPS) is 24.9. The van der Waals surface area contributed by atoms with E-state index in [0.717, 1.165) is 25.7 Å². The van der Waals surface area contributed by atoms with Gasteiger partial charge in [-0.05, 0) is 24.8 Å². The maximum absolute atomic E-state index is 12.1. The Labute approximate surface area is 107 Å². The van der Waals surface area contributed by atoms with Gasteiger partial charge in [0.25, 0.3) is 0 Å². The molecule has 0 saturated heterocycles. The van der Waals surface area contributed by atoms with Crippen molar-refractivity contribution in [2.24, 2.45) is 5.92 Å². The summed E-state index contributed by atoms with van der Waals surface area (Å²) >= 11 is 0. The summed E-state index contributed by atoms with van der Waals surface area (Å²) in [6.45, 7) is 2.07. The van der Waals surface area contributed by atoms with E-state index in [4.69, 9.17) is 0 Å². The molecule has 18 heavy (non-hydrogen) atoms. The van der Waals surface area contributed by atoms with E-state index in [-0.39, 0.29) is 16.5 Å². The summed E-state index contributed by atoms with van der Waals surface area (Å²) in [5.41, 5.74) is -0.306. The molecule has 0 spiro atoms. The Hall–Kier alpha value is -1.14. The van der Waals surface area contributed by atoms with Crippen molar-refractivity contribution in [2.75, 3.05) is 0 Å². The van der Waals surface area contributed by atoms with Gasteiger partial charge in [-0.15, -0.1) is 0 Å². The summed E-state index contributed by atoms with van der Waals surface area (Å²) in [5, 5.41) is 0. The van der Waals surface area contributed by atoms with Gasteiger partial charge in [-0.1, -0.05) is 19.8 Å². The predicted octanol–water partition coefficient (Wildman–Crippen LogP) is 1.23. The van der Waals surface area contributed by atoms with Gasteiger partial charge in [0.15, 0.2) is 0 Å². The highest BCUT2D eigenvalue weighted by atomic mass is 32.2. The number of sulfonamides is 1. The van der Waals surface area contributed by atoms with Gasteiger partial charge in [0, 0.05) is 18.3 Å². The number of pyridine rings is 1. The van der Waals surface area contributed by atoms with Crippen LogP contribution in [-0.4, -0.2) is 19.4 Å². The molecule has 2 atom stereocenters.